The van der Waals surface area contributed by atoms with E-state index in [1.165, 1.54) is 28.6 Å². The van der Waals surface area contributed by atoms with Crippen LogP contribution in [0.15, 0.2) is 36.8 Å². The number of amides is 1. The highest BCUT2D eigenvalue weighted by Gasteiger charge is 2.21. The van der Waals surface area contributed by atoms with Crippen molar-refractivity contribution in [2.45, 2.75) is 20.3 Å². The number of thiophene rings is 1. The van der Waals surface area contributed by atoms with E-state index in [4.69, 9.17) is 0 Å². The lowest BCUT2D eigenvalue weighted by Gasteiger charge is -2.07. The summed E-state index contributed by atoms with van der Waals surface area (Å²) in [7, 11) is 0. The quantitative estimate of drug-likeness (QED) is 0.568. The molecule has 0 bridgehead atoms. The van der Waals surface area contributed by atoms with Gasteiger partial charge in [-0.25, -0.2) is 0 Å². The molecule has 132 valence electrons. The maximum atomic E-state index is 12.8. The van der Waals surface area contributed by atoms with E-state index >= 15 is 0 Å². The summed E-state index contributed by atoms with van der Waals surface area (Å²) in [6.45, 7) is 4.51. The Morgan fingerprint density at radius 3 is 2.96 bits per heavy atom. The number of benzene rings is 1. The Morgan fingerprint density at radius 1 is 1.31 bits per heavy atom. The number of fused-ring (bicyclic) bond motifs is 1. The molecule has 0 fully saturated rings. The third-order valence-electron chi connectivity index (χ3n) is 4.51. The van der Waals surface area contributed by atoms with E-state index in [0.717, 1.165) is 27.4 Å². The highest BCUT2D eigenvalue weighted by atomic mass is 32.1. The topological polar surface area (TPSA) is 88.5 Å². The van der Waals surface area contributed by atoms with Crippen molar-refractivity contribution in [3.8, 4) is 5.00 Å². The zero-order valence-electron chi connectivity index (χ0n) is 14.5. The van der Waals surface area contributed by atoms with Gasteiger partial charge in [0.05, 0.1) is 5.56 Å². The van der Waals surface area contributed by atoms with Gasteiger partial charge in [-0.3, -0.25) is 4.79 Å². The van der Waals surface area contributed by atoms with Crippen LogP contribution >= 0.6 is 11.3 Å². The van der Waals surface area contributed by atoms with Crippen molar-refractivity contribution in [3.05, 3.63) is 58.4 Å². The minimum Gasteiger partial charge on any atom is -0.361 e. The third kappa shape index (κ3) is 2.88. The summed E-state index contributed by atoms with van der Waals surface area (Å²) in [5.41, 5.74) is 3.91. The summed E-state index contributed by atoms with van der Waals surface area (Å²) >= 11 is 1.51. The van der Waals surface area contributed by atoms with Crippen LogP contribution < -0.4 is 5.32 Å². The lowest BCUT2D eigenvalue weighted by Crippen LogP contribution is -2.27. The highest BCUT2D eigenvalue weighted by molar-refractivity contribution is 7.15. The molecule has 0 aliphatic carbocycles. The number of carbonyl (C=O) groups excluding carboxylic acids is 1. The molecule has 4 aromatic rings. The number of tetrazole rings is 1. The predicted octanol–water partition coefficient (Wildman–Crippen LogP) is 2.79. The largest absolute Gasteiger partial charge is 0.361 e. The molecular formula is C18H18N6OS. The van der Waals surface area contributed by atoms with Crippen LogP contribution in [0.2, 0.25) is 0 Å². The zero-order valence-corrected chi connectivity index (χ0v) is 15.3. The van der Waals surface area contributed by atoms with Crippen molar-refractivity contribution in [1.82, 2.24) is 30.5 Å². The highest BCUT2D eigenvalue weighted by Crippen LogP contribution is 2.30. The second-order valence-corrected chi connectivity index (χ2v) is 7.29. The predicted molar refractivity (Wildman–Crippen MR) is 101 cm³/mol. The van der Waals surface area contributed by atoms with Crippen LogP contribution in [-0.2, 0) is 6.42 Å². The fourth-order valence-corrected chi connectivity index (χ4v) is 4.10. The maximum absolute atomic E-state index is 12.8. The Labute approximate surface area is 154 Å². The Morgan fingerprint density at radius 2 is 2.15 bits per heavy atom. The number of H-pyrrole nitrogens is 1. The van der Waals surface area contributed by atoms with Crippen LogP contribution in [0.4, 0.5) is 0 Å². The fourth-order valence-electron chi connectivity index (χ4n) is 3.03. The molecule has 3 heterocycles. The van der Waals surface area contributed by atoms with Gasteiger partial charge in [-0.15, -0.1) is 16.4 Å². The van der Waals surface area contributed by atoms with Crippen LogP contribution in [-0.4, -0.2) is 37.6 Å². The van der Waals surface area contributed by atoms with Crippen LogP contribution in [0.5, 0.6) is 0 Å². The number of nitrogens with zero attached hydrogens (tertiary/aromatic N) is 4. The number of aromatic nitrogens is 5. The molecule has 2 N–H and O–H groups in total. The summed E-state index contributed by atoms with van der Waals surface area (Å²) in [5, 5.41) is 16.2. The lowest BCUT2D eigenvalue weighted by molar-refractivity contribution is 0.0954. The molecule has 1 aromatic carbocycles. The van der Waals surface area contributed by atoms with Gasteiger partial charge in [0.25, 0.3) is 5.91 Å². The number of rotatable bonds is 5. The van der Waals surface area contributed by atoms with E-state index in [0.29, 0.717) is 12.1 Å². The average Bonchev–Trinajstić information content (AvgIpc) is 3.36. The smallest absolute Gasteiger partial charge is 0.254 e. The Balaban J connectivity index is 1.51. The van der Waals surface area contributed by atoms with Crippen molar-refractivity contribution in [2.75, 3.05) is 6.54 Å². The van der Waals surface area contributed by atoms with Crippen molar-refractivity contribution in [3.63, 3.8) is 0 Å². The number of carbonyl (C=O) groups is 1. The van der Waals surface area contributed by atoms with Crippen molar-refractivity contribution >= 4 is 28.1 Å². The summed E-state index contributed by atoms with van der Waals surface area (Å²) in [5.74, 6) is -0.0998. The first kappa shape index (κ1) is 16.5. The number of aromatic amines is 1. The second kappa shape index (κ2) is 6.72. The van der Waals surface area contributed by atoms with Crippen LogP contribution in [0.3, 0.4) is 0 Å². The molecule has 0 saturated carbocycles. The van der Waals surface area contributed by atoms with Gasteiger partial charge in [-0.05, 0) is 47.9 Å². The van der Waals surface area contributed by atoms with Gasteiger partial charge in [-0.2, -0.15) is 4.68 Å². The minimum atomic E-state index is -0.0998. The molecule has 0 aliphatic rings. The van der Waals surface area contributed by atoms with Gasteiger partial charge in [0.15, 0.2) is 0 Å². The molecule has 0 aliphatic heterocycles. The molecule has 0 spiro atoms. The molecule has 26 heavy (non-hydrogen) atoms. The second-order valence-electron chi connectivity index (χ2n) is 6.08. The van der Waals surface area contributed by atoms with Crippen LogP contribution in [0.25, 0.3) is 15.9 Å². The monoisotopic (exact) mass is 366 g/mol. The van der Waals surface area contributed by atoms with Gasteiger partial charge >= 0.3 is 0 Å². The molecule has 8 heteroatoms. The molecular weight excluding hydrogens is 348 g/mol. The van der Waals surface area contributed by atoms with E-state index < -0.39 is 0 Å². The molecule has 0 atom stereocenters. The number of hydrogen-bond acceptors (Lipinski definition) is 5. The normalized spacial score (nSPS) is 11.2. The van der Waals surface area contributed by atoms with Gasteiger partial charge in [-0.1, -0.05) is 18.2 Å². The summed E-state index contributed by atoms with van der Waals surface area (Å²) in [6.07, 6.45) is 4.27. The summed E-state index contributed by atoms with van der Waals surface area (Å²) < 4.78 is 1.54. The Kier molecular flexibility index (Phi) is 4.26. The molecule has 3 aromatic heterocycles. The van der Waals surface area contributed by atoms with E-state index in [2.05, 4.69) is 31.9 Å². The average molecular weight is 366 g/mol. The number of aryl methyl sites for hydroxylation is 1. The van der Waals surface area contributed by atoms with Gasteiger partial charge in [0, 0.05) is 28.5 Å². The van der Waals surface area contributed by atoms with Crippen LogP contribution in [0.1, 0.15) is 26.4 Å². The minimum absolute atomic E-state index is 0.0998. The molecule has 7 nitrogen and oxygen atoms in total. The van der Waals surface area contributed by atoms with Gasteiger partial charge in [0.2, 0.25) is 0 Å². The van der Waals surface area contributed by atoms with Gasteiger partial charge < -0.3 is 10.3 Å². The van der Waals surface area contributed by atoms with E-state index in [1.54, 1.807) is 4.68 Å². The maximum Gasteiger partial charge on any atom is 0.254 e. The molecule has 4 rings (SSSR count). The first-order valence-electron chi connectivity index (χ1n) is 8.31. The first-order chi connectivity index (χ1) is 12.6. The summed E-state index contributed by atoms with van der Waals surface area (Å²) in [6, 6.07) is 8.17. The number of hydrogen-bond donors (Lipinski definition) is 2. The van der Waals surface area contributed by atoms with Gasteiger partial charge in [0.1, 0.15) is 11.3 Å². The Hall–Kier alpha value is -3.00. The zero-order chi connectivity index (χ0) is 18.1. The first-order valence-corrected chi connectivity index (χ1v) is 9.13. The standard InChI is InChI=1S/C18H18N6OS/c1-11-12(2)26-18(24-10-21-22-23-24)16(11)17(25)19-8-7-13-9-20-15-6-4-3-5-14(13)15/h3-6,9-10,20H,7-8H2,1-2H3,(H,19,25). The van der Waals surface area contributed by atoms with E-state index in [-0.39, 0.29) is 5.91 Å². The number of nitrogens with one attached hydrogen (secondary N) is 2. The fraction of sp³-hybridized carbons (Fsp3) is 0.222. The lowest BCUT2D eigenvalue weighted by atomic mass is 10.1. The third-order valence-corrected chi connectivity index (χ3v) is 5.70. The molecule has 0 unspecified atom stereocenters. The van der Waals surface area contributed by atoms with E-state index in [1.807, 2.05) is 38.2 Å². The number of para-hydroxylation sites is 1. The Bertz CT molecular complexity index is 1060. The van der Waals surface area contributed by atoms with Crippen molar-refractivity contribution in [2.24, 2.45) is 0 Å². The summed E-state index contributed by atoms with van der Waals surface area (Å²) in [4.78, 5) is 17.1. The van der Waals surface area contributed by atoms with Crippen molar-refractivity contribution in [1.29, 1.82) is 0 Å². The van der Waals surface area contributed by atoms with E-state index in [9.17, 15) is 4.79 Å². The molecule has 0 radical (unpaired) electrons. The van der Waals surface area contributed by atoms with Crippen LogP contribution in [0, 0.1) is 13.8 Å². The molecule has 0 saturated heterocycles. The molecule has 1 amide bonds. The SMILES string of the molecule is Cc1sc(-n2cnnn2)c(C(=O)NCCc2c[nH]c3ccccc23)c1C. The van der Waals surface area contributed by atoms with Crippen molar-refractivity contribution < 1.29 is 4.79 Å².